The highest BCUT2D eigenvalue weighted by atomic mass is 32.1. The maximum atomic E-state index is 12.3. The van der Waals surface area contributed by atoms with Gasteiger partial charge in [-0.15, -0.1) is 11.3 Å². The average molecular weight is 330 g/mol. The summed E-state index contributed by atoms with van der Waals surface area (Å²) in [6.45, 7) is 1.08. The van der Waals surface area contributed by atoms with Gasteiger partial charge in [-0.2, -0.15) is 0 Å². The van der Waals surface area contributed by atoms with Crippen molar-refractivity contribution in [3.05, 3.63) is 35.7 Å². The van der Waals surface area contributed by atoms with Crippen molar-refractivity contribution in [3.63, 3.8) is 0 Å². The number of aromatic nitrogens is 1. The molecule has 3 rings (SSSR count). The summed E-state index contributed by atoms with van der Waals surface area (Å²) in [5.41, 5.74) is 7.17. The second-order valence-corrected chi connectivity index (χ2v) is 6.36. The number of nitrogens with one attached hydrogen (secondary N) is 1. The summed E-state index contributed by atoms with van der Waals surface area (Å²) < 4.78 is 0. The lowest BCUT2D eigenvalue weighted by Gasteiger charge is -2.30. The van der Waals surface area contributed by atoms with Crippen molar-refractivity contribution in [2.75, 3.05) is 18.4 Å². The monoisotopic (exact) mass is 330 g/mol. The Labute approximate surface area is 138 Å². The van der Waals surface area contributed by atoms with Crippen LogP contribution >= 0.6 is 11.3 Å². The van der Waals surface area contributed by atoms with Gasteiger partial charge >= 0.3 is 6.03 Å². The Hall–Kier alpha value is -2.41. The molecule has 1 aromatic heterocycles. The van der Waals surface area contributed by atoms with Gasteiger partial charge in [0.15, 0.2) is 5.13 Å². The van der Waals surface area contributed by atoms with Gasteiger partial charge in [0.25, 0.3) is 0 Å². The molecule has 0 spiro atoms. The molecule has 3 amide bonds. The normalized spacial score (nSPS) is 15.4. The van der Waals surface area contributed by atoms with E-state index < -0.39 is 0 Å². The van der Waals surface area contributed by atoms with E-state index >= 15 is 0 Å². The highest BCUT2D eigenvalue weighted by molar-refractivity contribution is 7.14. The number of benzene rings is 1. The number of anilines is 1. The number of piperidine rings is 1. The van der Waals surface area contributed by atoms with Gasteiger partial charge in [0, 0.05) is 30.0 Å². The van der Waals surface area contributed by atoms with E-state index in [0.717, 1.165) is 11.3 Å². The number of nitrogens with two attached hydrogens (primary N) is 1. The summed E-state index contributed by atoms with van der Waals surface area (Å²) in [7, 11) is 0. The molecular weight excluding hydrogens is 312 g/mol. The summed E-state index contributed by atoms with van der Waals surface area (Å²) in [6, 6.07) is 9.65. The first-order valence-electron chi connectivity index (χ1n) is 7.49. The Bertz CT molecular complexity index is 693. The molecule has 1 aliphatic rings. The fourth-order valence-electron chi connectivity index (χ4n) is 2.61. The van der Waals surface area contributed by atoms with Gasteiger partial charge in [0.2, 0.25) is 5.91 Å². The summed E-state index contributed by atoms with van der Waals surface area (Å²) in [5, 5.41) is 5.32. The predicted molar refractivity (Wildman–Crippen MR) is 90.1 cm³/mol. The number of hydrogen-bond acceptors (Lipinski definition) is 4. The molecule has 1 aromatic carbocycles. The summed E-state index contributed by atoms with van der Waals surface area (Å²) >= 11 is 1.40. The molecule has 6 nitrogen and oxygen atoms in total. The molecule has 0 atom stereocenters. The molecule has 1 aliphatic heterocycles. The maximum Gasteiger partial charge on any atom is 0.323 e. The Morgan fingerprint density at radius 3 is 2.57 bits per heavy atom. The SMILES string of the molecule is NC(=O)C1CCN(C(=O)Nc2nc(-c3ccccc3)cs2)CC1. The van der Waals surface area contributed by atoms with E-state index in [0.29, 0.717) is 31.1 Å². The molecule has 0 unspecified atom stereocenters. The third kappa shape index (κ3) is 3.68. The highest BCUT2D eigenvalue weighted by Gasteiger charge is 2.26. The average Bonchev–Trinajstić information content (AvgIpc) is 3.04. The molecule has 23 heavy (non-hydrogen) atoms. The summed E-state index contributed by atoms with van der Waals surface area (Å²) in [6.07, 6.45) is 1.24. The van der Waals surface area contributed by atoms with Gasteiger partial charge in [-0.05, 0) is 12.8 Å². The quantitative estimate of drug-likeness (QED) is 0.906. The molecular formula is C16H18N4O2S. The van der Waals surface area contributed by atoms with E-state index in [9.17, 15) is 9.59 Å². The number of primary amides is 1. The van der Waals surface area contributed by atoms with Crippen molar-refractivity contribution in [1.82, 2.24) is 9.88 Å². The van der Waals surface area contributed by atoms with E-state index in [-0.39, 0.29) is 17.9 Å². The third-order valence-electron chi connectivity index (χ3n) is 3.97. The molecule has 1 fully saturated rings. The van der Waals surface area contributed by atoms with Crippen LogP contribution in [0.25, 0.3) is 11.3 Å². The second-order valence-electron chi connectivity index (χ2n) is 5.50. The van der Waals surface area contributed by atoms with Gasteiger partial charge < -0.3 is 10.6 Å². The number of hydrogen-bond donors (Lipinski definition) is 2. The van der Waals surface area contributed by atoms with Crippen LogP contribution in [0.2, 0.25) is 0 Å². The molecule has 0 radical (unpaired) electrons. The highest BCUT2D eigenvalue weighted by Crippen LogP contribution is 2.25. The first kappa shape index (κ1) is 15.5. The first-order chi connectivity index (χ1) is 11.1. The number of urea groups is 1. The molecule has 2 heterocycles. The largest absolute Gasteiger partial charge is 0.369 e. The molecule has 3 N–H and O–H groups in total. The Morgan fingerprint density at radius 1 is 1.22 bits per heavy atom. The minimum absolute atomic E-state index is 0.122. The first-order valence-corrected chi connectivity index (χ1v) is 8.37. The van der Waals surface area contributed by atoms with Crippen molar-refractivity contribution in [3.8, 4) is 11.3 Å². The lowest BCUT2D eigenvalue weighted by Crippen LogP contribution is -2.43. The van der Waals surface area contributed by atoms with Crippen LogP contribution in [0.1, 0.15) is 12.8 Å². The van der Waals surface area contributed by atoms with Crippen LogP contribution in [-0.4, -0.2) is 34.9 Å². The molecule has 2 aromatic rings. The van der Waals surface area contributed by atoms with Crippen molar-refractivity contribution in [2.24, 2.45) is 11.7 Å². The zero-order valence-electron chi connectivity index (χ0n) is 12.6. The van der Waals surface area contributed by atoms with Crippen LogP contribution in [-0.2, 0) is 4.79 Å². The van der Waals surface area contributed by atoms with Crippen molar-refractivity contribution in [2.45, 2.75) is 12.8 Å². The third-order valence-corrected chi connectivity index (χ3v) is 4.73. The van der Waals surface area contributed by atoms with Crippen LogP contribution in [0.15, 0.2) is 35.7 Å². The van der Waals surface area contributed by atoms with Gasteiger partial charge in [-0.25, -0.2) is 9.78 Å². The number of carbonyl (C=O) groups is 2. The lowest BCUT2D eigenvalue weighted by atomic mass is 9.96. The Kier molecular flexibility index (Phi) is 4.57. The number of rotatable bonds is 3. The van der Waals surface area contributed by atoms with Gasteiger partial charge in [0.1, 0.15) is 0 Å². The second kappa shape index (κ2) is 6.78. The molecule has 0 aliphatic carbocycles. The summed E-state index contributed by atoms with van der Waals surface area (Å²) in [5.74, 6) is -0.402. The lowest BCUT2D eigenvalue weighted by molar-refractivity contribution is -0.122. The smallest absolute Gasteiger partial charge is 0.323 e. The fraction of sp³-hybridized carbons (Fsp3) is 0.312. The Balaban J connectivity index is 1.59. The molecule has 120 valence electrons. The van der Waals surface area contributed by atoms with E-state index in [1.54, 1.807) is 4.90 Å². The number of carbonyl (C=O) groups excluding carboxylic acids is 2. The van der Waals surface area contributed by atoms with E-state index in [1.807, 2.05) is 35.7 Å². The van der Waals surface area contributed by atoms with E-state index in [1.165, 1.54) is 11.3 Å². The van der Waals surface area contributed by atoms with Crippen LogP contribution in [0.4, 0.5) is 9.93 Å². The molecule has 0 bridgehead atoms. The van der Waals surface area contributed by atoms with Crippen LogP contribution < -0.4 is 11.1 Å². The standard InChI is InChI=1S/C16H18N4O2S/c17-14(21)12-6-8-20(9-7-12)16(22)19-15-18-13(10-23-15)11-4-2-1-3-5-11/h1-5,10,12H,6-9H2,(H2,17,21)(H,18,19,22). The number of likely N-dealkylation sites (tertiary alicyclic amines) is 1. The van der Waals surface area contributed by atoms with Crippen molar-refractivity contribution in [1.29, 1.82) is 0 Å². The summed E-state index contributed by atoms with van der Waals surface area (Å²) in [4.78, 5) is 29.6. The van der Waals surface area contributed by atoms with Crippen LogP contribution in [0.5, 0.6) is 0 Å². The topological polar surface area (TPSA) is 88.3 Å². The van der Waals surface area contributed by atoms with Crippen LogP contribution in [0, 0.1) is 5.92 Å². The fourth-order valence-corrected chi connectivity index (χ4v) is 3.32. The van der Waals surface area contributed by atoms with Crippen molar-refractivity contribution < 1.29 is 9.59 Å². The zero-order valence-corrected chi connectivity index (χ0v) is 13.4. The molecule has 0 saturated carbocycles. The minimum atomic E-state index is -0.280. The van der Waals surface area contributed by atoms with E-state index in [4.69, 9.17) is 5.73 Å². The minimum Gasteiger partial charge on any atom is -0.369 e. The van der Waals surface area contributed by atoms with Gasteiger partial charge in [-0.3, -0.25) is 10.1 Å². The maximum absolute atomic E-state index is 12.3. The molecule has 7 heteroatoms. The van der Waals surface area contributed by atoms with Gasteiger partial charge in [0.05, 0.1) is 5.69 Å². The van der Waals surface area contributed by atoms with Crippen molar-refractivity contribution >= 4 is 28.4 Å². The zero-order chi connectivity index (χ0) is 16.2. The van der Waals surface area contributed by atoms with Gasteiger partial charge in [-0.1, -0.05) is 30.3 Å². The predicted octanol–water partition coefficient (Wildman–Crippen LogP) is 2.54. The number of nitrogens with zero attached hydrogens (tertiary/aromatic N) is 2. The Morgan fingerprint density at radius 2 is 1.91 bits per heavy atom. The number of thiazole rings is 1. The molecule has 1 saturated heterocycles. The number of amides is 3. The van der Waals surface area contributed by atoms with E-state index in [2.05, 4.69) is 10.3 Å². The van der Waals surface area contributed by atoms with Crippen LogP contribution in [0.3, 0.4) is 0 Å².